The molecule has 1 atom stereocenters. The molecule has 0 spiro atoms. The minimum Gasteiger partial charge on any atom is -0.384 e. The van der Waals surface area contributed by atoms with Crippen molar-refractivity contribution in [3.8, 4) is 0 Å². The van der Waals surface area contributed by atoms with Crippen molar-refractivity contribution in [2.75, 3.05) is 20.3 Å². The van der Waals surface area contributed by atoms with Crippen molar-refractivity contribution in [1.29, 1.82) is 0 Å². The Kier molecular flexibility index (Phi) is 4.98. The van der Waals surface area contributed by atoms with Crippen LogP contribution in [0.5, 0.6) is 0 Å². The molecular formula is C10H15FN2O3S. The van der Waals surface area contributed by atoms with Crippen LogP contribution in [0.3, 0.4) is 0 Å². The van der Waals surface area contributed by atoms with Crippen LogP contribution < -0.4 is 4.72 Å². The molecule has 1 unspecified atom stereocenters. The minimum absolute atomic E-state index is 0.00143. The number of sulfonamides is 1. The summed E-state index contributed by atoms with van der Waals surface area (Å²) in [4.78, 5) is 3.52. The summed E-state index contributed by atoms with van der Waals surface area (Å²) >= 11 is 0. The first-order valence-electron chi connectivity index (χ1n) is 5.06. The summed E-state index contributed by atoms with van der Waals surface area (Å²) in [5, 5.41) is -0.579. The van der Waals surface area contributed by atoms with Crippen LogP contribution in [0.2, 0.25) is 0 Å². The summed E-state index contributed by atoms with van der Waals surface area (Å²) < 4.78 is 43.8. The number of pyridine rings is 1. The summed E-state index contributed by atoms with van der Waals surface area (Å²) in [6.45, 7) is 2.42. The highest BCUT2D eigenvalue weighted by molar-refractivity contribution is 7.89. The average Bonchev–Trinajstić information content (AvgIpc) is 2.27. The number of hydrogen-bond acceptors (Lipinski definition) is 4. The number of nitrogens with one attached hydrogen (secondary N) is 1. The molecule has 0 fully saturated rings. The van der Waals surface area contributed by atoms with Crippen LogP contribution >= 0.6 is 0 Å². The van der Waals surface area contributed by atoms with Crippen molar-refractivity contribution >= 4 is 10.0 Å². The predicted molar refractivity (Wildman–Crippen MR) is 60.4 cm³/mol. The molecule has 0 amide bonds. The maximum absolute atomic E-state index is 13.3. The number of methoxy groups -OCH3 is 1. The van der Waals surface area contributed by atoms with Gasteiger partial charge in [-0.1, -0.05) is 6.92 Å². The molecular weight excluding hydrogens is 247 g/mol. The lowest BCUT2D eigenvalue weighted by molar-refractivity contribution is 0.161. The number of nitrogens with zero attached hydrogens (tertiary/aromatic N) is 1. The first-order valence-corrected chi connectivity index (χ1v) is 6.55. The van der Waals surface area contributed by atoms with Gasteiger partial charge in [0.2, 0.25) is 5.03 Å². The highest BCUT2D eigenvalue weighted by Crippen LogP contribution is 2.09. The van der Waals surface area contributed by atoms with Gasteiger partial charge in [-0.2, -0.15) is 0 Å². The third kappa shape index (κ3) is 4.03. The third-order valence-corrected chi connectivity index (χ3v) is 3.41. The summed E-state index contributed by atoms with van der Waals surface area (Å²) in [5.41, 5.74) is 0. The van der Waals surface area contributed by atoms with Gasteiger partial charge in [-0.3, -0.25) is 0 Å². The first-order chi connectivity index (χ1) is 7.97. The number of rotatable bonds is 6. The van der Waals surface area contributed by atoms with Crippen molar-refractivity contribution < 1.29 is 17.5 Å². The largest absolute Gasteiger partial charge is 0.384 e. The van der Waals surface area contributed by atoms with Crippen molar-refractivity contribution in [2.45, 2.75) is 11.9 Å². The Morgan fingerprint density at radius 3 is 2.88 bits per heavy atom. The molecule has 0 saturated heterocycles. The molecule has 0 saturated carbocycles. The topological polar surface area (TPSA) is 68.3 Å². The Morgan fingerprint density at radius 1 is 1.59 bits per heavy atom. The van der Waals surface area contributed by atoms with Gasteiger partial charge in [0.1, 0.15) is 0 Å². The highest BCUT2D eigenvalue weighted by Gasteiger charge is 2.20. The van der Waals surface area contributed by atoms with Gasteiger partial charge in [-0.05, 0) is 18.1 Å². The Morgan fingerprint density at radius 2 is 2.29 bits per heavy atom. The van der Waals surface area contributed by atoms with Crippen LogP contribution in [0.25, 0.3) is 0 Å². The van der Waals surface area contributed by atoms with Gasteiger partial charge in [0.05, 0.1) is 0 Å². The van der Waals surface area contributed by atoms with Crippen molar-refractivity contribution in [1.82, 2.24) is 9.71 Å². The molecule has 0 aliphatic rings. The number of aromatic nitrogens is 1. The average molecular weight is 262 g/mol. The number of ether oxygens (including phenoxy) is 1. The molecule has 7 heteroatoms. The summed E-state index contributed by atoms with van der Waals surface area (Å²) in [7, 11) is -2.36. The second kappa shape index (κ2) is 6.04. The predicted octanol–water partition coefficient (Wildman–Crippen LogP) is 0.782. The second-order valence-corrected chi connectivity index (χ2v) is 5.39. The van der Waals surface area contributed by atoms with Crippen LogP contribution in [-0.4, -0.2) is 33.7 Å². The first kappa shape index (κ1) is 14.0. The fourth-order valence-electron chi connectivity index (χ4n) is 1.23. The van der Waals surface area contributed by atoms with Crippen LogP contribution in [0.4, 0.5) is 4.39 Å². The van der Waals surface area contributed by atoms with E-state index in [2.05, 4.69) is 9.71 Å². The SMILES string of the molecule is COCC(C)CNS(=O)(=O)c1ncccc1F. The quantitative estimate of drug-likeness (QED) is 0.822. The normalized spacial score (nSPS) is 13.6. The van der Waals surface area contributed by atoms with E-state index in [4.69, 9.17) is 4.74 Å². The molecule has 1 N–H and O–H groups in total. The lowest BCUT2D eigenvalue weighted by atomic mass is 10.2. The van der Waals surface area contributed by atoms with E-state index in [1.165, 1.54) is 19.4 Å². The molecule has 96 valence electrons. The summed E-state index contributed by atoms with van der Waals surface area (Å²) in [6.07, 6.45) is 1.23. The van der Waals surface area contributed by atoms with E-state index in [0.717, 1.165) is 6.07 Å². The summed E-state index contributed by atoms with van der Waals surface area (Å²) in [5.74, 6) is -0.860. The van der Waals surface area contributed by atoms with Crippen molar-refractivity contribution in [2.24, 2.45) is 5.92 Å². The van der Waals surface area contributed by atoms with E-state index in [9.17, 15) is 12.8 Å². The molecule has 1 heterocycles. The minimum atomic E-state index is -3.90. The van der Waals surface area contributed by atoms with Crippen molar-refractivity contribution in [3.05, 3.63) is 24.1 Å². The Labute approximate surface area is 100 Å². The fraction of sp³-hybridized carbons (Fsp3) is 0.500. The van der Waals surface area contributed by atoms with E-state index in [-0.39, 0.29) is 12.5 Å². The van der Waals surface area contributed by atoms with Gasteiger partial charge in [-0.15, -0.1) is 0 Å². The van der Waals surface area contributed by atoms with Gasteiger partial charge in [0, 0.05) is 26.5 Å². The van der Waals surface area contributed by atoms with Crippen LogP contribution in [0.1, 0.15) is 6.92 Å². The van der Waals surface area contributed by atoms with Gasteiger partial charge in [-0.25, -0.2) is 22.5 Å². The molecule has 17 heavy (non-hydrogen) atoms. The molecule has 0 aliphatic carbocycles. The molecule has 0 radical (unpaired) electrons. The van der Waals surface area contributed by atoms with Gasteiger partial charge in [0.25, 0.3) is 10.0 Å². The van der Waals surface area contributed by atoms with Crippen LogP contribution in [0.15, 0.2) is 23.4 Å². The van der Waals surface area contributed by atoms with E-state index < -0.39 is 20.9 Å². The zero-order valence-corrected chi connectivity index (χ0v) is 10.5. The highest BCUT2D eigenvalue weighted by atomic mass is 32.2. The second-order valence-electron chi connectivity index (χ2n) is 3.70. The van der Waals surface area contributed by atoms with Crippen LogP contribution in [0, 0.1) is 11.7 Å². The third-order valence-electron chi connectivity index (χ3n) is 2.05. The maximum atomic E-state index is 13.3. The monoisotopic (exact) mass is 262 g/mol. The van der Waals surface area contributed by atoms with E-state index in [1.807, 2.05) is 6.92 Å². The van der Waals surface area contributed by atoms with E-state index >= 15 is 0 Å². The number of halogens is 1. The van der Waals surface area contributed by atoms with Gasteiger partial charge in [0.15, 0.2) is 5.82 Å². The van der Waals surface area contributed by atoms with E-state index in [1.54, 1.807) is 0 Å². The number of hydrogen-bond donors (Lipinski definition) is 1. The van der Waals surface area contributed by atoms with Gasteiger partial charge < -0.3 is 4.74 Å². The Hall–Kier alpha value is -1.05. The molecule has 5 nitrogen and oxygen atoms in total. The summed E-state index contributed by atoms with van der Waals surface area (Å²) in [6, 6.07) is 2.39. The zero-order valence-electron chi connectivity index (χ0n) is 9.68. The smallest absolute Gasteiger partial charge is 0.261 e. The lowest BCUT2D eigenvalue weighted by Gasteiger charge is -2.11. The van der Waals surface area contributed by atoms with Crippen LogP contribution in [-0.2, 0) is 14.8 Å². The maximum Gasteiger partial charge on any atom is 0.261 e. The zero-order chi connectivity index (χ0) is 12.9. The van der Waals surface area contributed by atoms with E-state index in [0.29, 0.717) is 6.61 Å². The molecule has 0 aromatic carbocycles. The molecule has 0 aliphatic heterocycles. The van der Waals surface area contributed by atoms with Crippen molar-refractivity contribution in [3.63, 3.8) is 0 Å². The lowest BCUT2D eigenvalue weighted by Crippen LogP contribution is -2.31. The molecule has 1 aromatic rings. The van der Waals surface area contributed by atoms with Gasteiger partial charge >= 0.3 is 0 Å². The Bertz CT molecular complexity index is 464. The fourth-order valence-corrected chi connectivity index (χ4v) is 2.40. The molecule has 1 aromatic heterocycles. The molecule has 1 rings (SSSR count). The molecule has 0 bridgehead atoms. The standard InChI is InChI=1S/C10H15FN2O3S/c1-8(7-16-2)6-13-17(14,15)10-9(11)4-3-5-12-10/h3-5,8,13H,6-7H2,1-2H3. The Balaban J connectivity index is 2.73.